The Hall–Kier alpha value is -1.53. The van der Waals surface area contributed by atoms with Gasteiger partial charge in [0.1, 0.15) is 1.41 Å². The number of carbonyl (C=O) groups excluding carboxylic acids is 1. The molecule has 1 aromatic carbocycles. The van der Waals surface area contributed by atoms with Gasteiger partial charge in [-0.2, -0.15) is 12.6 Å². The molecule has 0 saturated carbocycles. The van der Waals surface area contributed by atoms with Crippen molar-refractivity contribution in [3.8, 4) is 0 Å². The lowest BCUT2D eigenvalue weighted by Gasteiger charge is -2.17. The maximum Gasteiger partial charge on any atom is 0.330 e. The van der Waals surface area contributed by atoms with Crippen molar-refractivity contribution in [2.24, 2.45) is 5.73 Å². The van der Waals surface area contributed by atoms with Crippen molar-refractivity contribution in [3.05, 3.63) is 35.9 Å². The Bertz CT molecular complexity index is 412. The summed E-state index contributed by atoms with van der Waals surface area (Å²) >= 11 is 3.91. The van der Waals surface area contributed by atoms with Crippen LogP contribution >= 0.6 is 12.6 Å². The number of benzene rings is 1. The second kappa shape index (κ2) is 6.27. The molecule has 0 bridgehead atoms. The van der Waals surface area contributed by atoms with Crippen LogP contribution in [0.4, 0.5) is 0 Å². The first-order valence-electron chi connectivity index (χ1n) is 5.46. The minimum atomic E-state index is -1.16. The largest absolute Gasteiger partial charge is 0.479 e. The summed E-state index contributed by atoms with van der Waals surface area (Å²) in [5.74, 6) is -1.62. The highest BCUT2D eigenvalue weighted by Crippen LogP contribution is 2.12. The Morgan fingerprint density at radius 2 is 2.12 bits per heavy atom. The molecule has 0 aliphatic heterocycles. The molecule has 6 heteroatoms. The van der Waals surface area contributed by atoms with Gasteiger partial charge >= 0.3 is 5.97 Å². The van der Waals surface area contributed by atoms with Gasteiger partial charge in [-0.15, -0.1) is 0 Å². The third-order valence-corrected chi connectivity index (χ3v) is 2.53. The lowest BCUT2D eigenvalue weighted by molar-refractivity contribution is -0.142. The predicted octanol–water partition coefficient (Wildman–Crippen LogP) is 0.186. The number of hydrogen-bond donors (Lipinski definition) is 4. The van der Waals surface area contributed by atoms with Crippen LogP contribution in [-0.4, -0.2) is 28.8 Å². The van der Waals surface area contributed by atoms with Crippen molar-refractivity contribution in [2.45, 2.75) is 12.1 Å². The molecule has 0 aromatic heterocycles. The Morgan fingerprint density at radius 1 is 1.47 bits per heavy atom. The van der Waals surface area contributed by atoms with E-state index >= 15 is 0 Å². The van der Waals surface area contributed by atoms with E-state index in [4.69, 9.17) is 6.52 Å². The number of carboxylic acids is 1. The first-order valence-corrected chi connectivity index (χ1v) is 5.59. The maximum atomic E-state index is 11.7. The molecule has 0 saturated heterocycles. The second-order valence-corrected chi connectivity index (χ2v) is 3.79. The Labute approximate surface area is 106 Å². The maximum absolute atomic E-state index is 11.7. The SMILES string of the molecule is [2H]N[C@@H](CS)C(=O)NC(C(=O)O)c1ccccc1. The van der Waals surface area contributed by atoms with E-state index < -0.39 is 24.0 Å². The van der Waals surface area contributed by atoms with E-state index in [2.05, 4.69) is 17.9 Å². The number of rotatable bonds is 6. The van der Waals surface area contributed by atoms with Crippen molar-refractivity contribution in [3.63, 3.8) is 0 Å². The number of thiol groups is 1. The topological polar surface area (TPSA) is 92.4 Å². The molecule has 92 valence electrons. The van der Waals surface area contributed by atoms with Crippen LogP contribution in [0, 0.1) is 0 Å². The predicted molar refractivity (Wildman–Crippen MR) is 66.8 cm³/mol. The summed E-state index contributed by atoms with van der Waals surface area (Å²) in [4.78, 5) is 22.8. The summed E-state index contributed by atoms with van der Waals surface area (Å²) in [7, 11) is 0. The molecule has 0 heterocycles. The van der Waals surface area contributed by atoms with Gasteiger partial charge in [0.25, 0.3) is 0 Å². The fourth-order valence-electron chi connectivity index (χ4n) is 1.26. The van der Waals surface area contributed by atoms with Gasteiger partial charge in [-0.1, -0.05) is 30.3 Å². The van der Waals surface area contributed by atoms with Crippen molar-refractivity contribution in [1.82, 2.24) is 5.32 Å². The number of nitrogens with one attached hydrogen (secondary N) is 1. The minimum Gasteiger partial charge on any atom is -0.479 e. The molecule has 17 heavy (non-hydrogen) atoms. The van der Waals surface area contributed by atoms with Crippen molar-refractivity contribution < 1.29 is 16.1 Å². The molecule has 4 N–H and O–H groups in total. The van der Waals surface area contributed by atoms with Crippen LogP contribution in [0.15, 0.2) is 30.3 Å². The molecule has 0 spiro atoms. The van der Waals surface area contributed by atoms with Crippen molar-refractivity contribution in [1.29, 1.82) is 0 Å². The number of hydrogen-bond acceptors (Lipinski definition) is 4. The molecule has 0 aliphatic carbocycles. The minimum absolute atomic E-state index is 0.108. The number of aliphatic carboxylic acids is 1. The average molecular weight is 255 g/mol. The average Bonchev–Trinajstić information content (AvgIpc) is 2.38. The number of carbonyl (C=O) groups is 2. The molecule has 1 amide bonds. The van der Waals surface area contributed by atoms with Gasteiger partial charge in [0.15, 0.2) is 6.04 Å². The van der Waals surface area contributed by atoms with Crippen LogP contribution in [0.1, 0.15) is 11.6 Å². The van der Waals surface area contributed by atoms with E-state index in [1.54, 1.807) is 30.3 Å². The summed E-state index contributed by atoms with van der Waals surface area (Å²) in [5, 5.41) is 11.5. The fourth-order valence-corrected chi connectivity index (χ4v) is 1.42. The zero-order chi connectivity index (χ0) is 13.5. The summed E-state index contributed by atoms with van der Waals surface area (Å²) in [6.45, 7) is 0. The quantitative estimate of drug-likeness (QED) is 0.546. The van der Waals surface area contributed by atoms with Gasteiger partial charge in [0.05, 0.1) is 6.04 Å². The van der Waals surface area contributed by atoms with E-state index in [0.29, 0.717) is 5.56 Å². The smallest absolute Gasteiger partial charge is 0.330 e. The molecule has 1 rings (SSSR count). The Balaban J connectivity index is 2.82. The zero-order valence-electron chi connectivity index (χ0n) is 9.96. The molecular weight excluding hydrogens is 240 g/mol. The van der Waals surface area contributed by atoms with Crippen LogP contribution in [0.2, 0.25) is 1.41 Å². The second-order valence-electron chi connectivity index (χ2n) is 3.43. The van der Waals surface area contributed by atoms with E-state index in [0.717, 1.165) is 0 Å². The third-order valence-electron chi connectivity index (χ3n) is 2.17. The molecule has 5 nitrogen and oxygen atoms in total. The highest BCUT2D eigenvalue weighted by Gasteiger charge is 2.23. The number of nitrogens with two attached hydrogens (primary N) is 1. The fraction of sp³-hybridized carbons (Fsp3) is 0.273. The third kappa shape index (κ3) is 3.76. The molecule has 1 aromatic rings. The van der Waals surface area contributed by atoms with Crippen molar-refractivity contribution in [2.75, 3.05) is 5.75 Å². The highest BCUT2D eigenvalue weighted by atomic mass is 32.1. The van der Waals surface area contributed by atoms with Crippen molar-refractivity contribution >= 4 is 24.5 Å². The number of carboxylic acid groups (broad SMARTS) is 1. The van der Waals surface area contributed by atoms with E-state index in [-0.39, 0.29) is 5.75 Å². The summed E-state index contributed by atoms with van der Waals surface area (Å²) in [6, 6.07) is 6.39. The molecular formula is C11H14N2O3S. The van der Waals surface area contributed by atoms with Crippen LogP contribution in [0.5, 0.6) is 0 Å². The lowest BCUT2D eigenvalue weighted by atomic mass is 10.1. The highest BCUT2D eigenvalue weighted by molar-refractivity contribution is 7.80. The molecule has 1 unspecified atom stereocenters. The molecule has 0 aliphatic rings. The lowest BCUT2D eigenvalue weighted by Crippen LogP contribution is -2.45. The normalized spacial score (nSPS) is 14.5. The zero-order valence-corrected chi connectivity index (χ0v) is 9.85. The molecule has 2 atom stereocenters. The molecule has 0 fully saturated rings. The van der Waals surface area contributed by atoms with Crippen LogP contribution in [0.25, 0.3) is 0 Å². The summed E-state index contributed by atoms with van der Waals surface area (Å²) in [5.41, 5.74) is 2.49. The van der Waals surface area contributed by atoms with Gasteiger partial charge in [-0.25, -0.2) is 4.79 Å². The Kier molecular flexibility index (Phi) is 4.40. The molecule has 0 radical (unpaired) electrons. The summed E-state index contributed by atoms with van der Waals surface area (Å²) < 4.78 is 6.94. The van der Waals surface area contributed by atoms with Gasteiger partial charge < -0.3 is 16.2 Å². The first kappa shape index (κ1) is 11.9. The monoisotopic (exact) mass is 255 g/mol. The summed E-state index contributed by atoms with van der Waals surface area (Å²) in [6.07, 6.45) is 0. The van der Waals surface area contributed by atoms with Gasteiger partial charge in [-0.05, 0) is 5.56 Å². The van der Waals surface area contributed by atoms with Crippen LogP contribution in [-0.2, 0) is 9.59 Å². The van der Waals surface area contributed by atoms with E-state index in [1.165, 1.54) is 0 Å². The first-order chi connectivity index (χ1) is 8.60. The van der Waals surface area contributed by atoms with Gasteiger partial charge in [0.2, 0.25) is 5.91 Å². The van der Waals surface area contributed by atoms with Gasteiger partial charge in [0, 0.05) is 5.75 Å². The van der Waals surface area contributed by atoms with E-state index in [1.807, 2.05) is 5.73 Å². The standard InChI is InChI=1S/C11H14N2O3S/c12-8(6-17)10(14)13-9(11(15)16)7-4-2-1-3-5-7/h1-5,8-9,17H,6,12H2,(H,13,14)(H,15,16)/t8-,9?/m0/s1/i/hD. The van der Waals surface area contributed by atoms with Crippen LogP contribution < -0.4 is 11.0 Å². The van der Waals surface area contributed by atoms with E-state index in [9.17, 15) is 9.59 Å². The van der Waals surface area contributed by atoms with Crippen LogP contribution in [0.3, 0.4) is 0 Å². The van der Waals surface area contributed by atoms with Gasteiger partial charge in [-0.3, -0.25) is 4.79 Å². The Morgan fingerprint density at radius 3 is 2.59 bits per heavy atom. The number of amides is 1.